The van der Waals surface area contributed by atoms with Gasteiger partial charge in [-0.3, -0.25) is 0 Å². The average molecular weight is 245 g/mol. The molecule has 4 heteroatoms. The Kier molecular flexibility index (Phi) is 4.36. The molecule has 0 bridgehead atoms. The van der Waals surface area contributed by atoms with E-state index in [1.165, 1.54) is 0 Å². The Morgan fingerprint density at radius 2 is 2.28 bits per heavy atom. The number of aromatic nitrogens is 2. The molecular formula is C14H19N3O. The number of ether oxygens (including phenoxy) is 1. The van der Waals surface area contributed by atoms with E-state index in [9.17, 15) is 0 Å². The highest BCUT2D eigenvalue weighted by Gasteiger charge is 2.06. The number of methoxy groups -OCH3 is 1. The first kappa shape index (κ1) is 12.6. The van der Waals surface area contributed by atoms with E-state index in [1.54, 1.807) is 13.3 Å². The van der Waals surface area contributed by atoms with Gasteiger partial charge in [-0.15, -0.1) is 0 Å². The van der Waals surface area contributed by atoms with Gasteiger partial charge in [0, 0.05) is 30.1 Å². The molecule has 18 heavy (non-hydrogen) atoms. The molecule has 2 N–H and O–H groups in total. The summed E-state index contributed by atoms with van der Waals surface area (Å²) in [4.78, 5) is 7.38. The molecule has 0 aliphatic carbocycles. The van der Waals surface area contributed by atoms with E-state index in [0.717, 1.165) is 42.2 Å². The third kappa shape index (κ3) is 2.90. The van der Waals surface area contributed by atoms with Gasteiger partial charge in [-0.1, -0.05) is 6.92 Å². The topological polar surface area (TPSA) is 49.9 Å². The van der Waals surface area contributed by atoms with Gasteiger partial charge in [-0.25, -0.2) is 4.98 Å². The predicted molar refractivity (Wildman–Crippen MR) is 72.6 cm³/mol. The first-order chi connectivity index (χ1) is 8.85. The summed E-state index contributed by atoms with van der Waals surface area (Å²) in [5.41, 5.74) is 2.23. The van der Waals surface area contributed by atoms with Crippen molar-refractivity contribution in [2.75, 3.05) is 13.7 Å². The van der Waals surface area contributed by atoms with Crippen LogP contribution in [-0.4, -0.2) is 23.6 Å². The van der Waals surface area contributed by atoms with E-state index in [4.69, 9.17) is 4.74 Å². The van der Waals surface area contributed by atoms with Crippen LogP contribution in [0, 0.1) is 0 Å². The predicted octanol–water partition coefficient (Wildman–Crippen LogP) is 2.58. The Morgan fingerprint density at radius 1 is 1.39 bits per heavy atom. The first-order valence-electron chi connectivity index (χ1n) is 6.22. The van der Waals surface area contributed by atoms with E-state index < -0.39 is 0 Å². The van der Waals surface area contributed by atoms with Crippen molar-refractivity contribution in [1.29, 1.82) is 0 Å². The summed E-state index contributed by atoms with van der Waals surface area (Å²) in [7, 11) is 1.70. The summed E-state index contributed by atoms with van der Waals surface area (Å²) in [5.74, 6) is 1.79. The van der Waals surface area contributed by atoms with Gasteiger partial charge in [0.25, 0.3) is 0 Å². The number of benzene rings is 1. The van der Waals surface area contributed by atoms with Gasteiger partial charge in [0.15, 0.2) is 0 Å². The molecule has 0 atom stereocenters. The minimum absolute atomic E-state index is 0.811. The van der Waals surface area contributed by atoms with E-state index in [1.807, 2.05) is 18.3 Å². The highest BCUT2D eigenvalue weighted by molar-refractivity contribution is 5.58. The summed E-state index contributed by atoms with van der Waals surface area (Å²) in [5, 5.41) is 3.39. The molecule has 0 aliphatic rings. The molecule has 0 radical (unpaired) electrons. The summed E-state index contributed by atoms with van der Waals surface area (Å²) in [6.45, 7) is 3.98. The van der Waals surface area contributed by atoms with Gasteiger partial charge in [-0.05, 0) is 31.2 Å². The Morgan fingerprint density at radius 3 is 2.94 bits per heavy atom. The van der Waals surface area contributed by atoms with Crippen molar-refractivity contribution in [2.45, 2.75) is 19.9 Å². The zero-order valence-corrected chi connectivity index (χ0v) is 10.9. The third-order valence-corrected chi connectivity index (χ3v) is 2.79. The molecular weight excluding hydrogens is 226 g/mol. The molecule has 0 unspecified atom stereocenters. The lowest BCUT2D eigenvalue weighted by atomic mass is 10.1. The molecule has 0 fully saturated rings. The van der Waals surface area contributed by atoms with E-state index in [2.05, 4.69) is 28.3 Å². The molecule has 0 saturated carbocycles. The van der Waals surface area contributed by atoms with Crippen LogP contribution in [0.4, 0.5) is 0 Å². The van der Waals surface area contributed by atoms with Crippen LogP contribution in [0.2, 0.25) is 0 Å². The SMILES string of the molecule is CCCNCc1cc(-c2ncc[nH]2)ccc1OC. The van der Waals surface area contributed by atoms with Crippen molar-refractivity contribution in [2.24, 2.45) is 0 Å². The zero-order chi connectivity index (χ0) is 12.8. The largest absolute Gasteiger partial charge is 0.496 e. The van der Waals surface area contributed by atoms with Gasteiger partial charge in [-0.2, -0.15) is 0 Å². The fraction of sp³-hybridized carbons (Fsp3) is 0.357. The molecule has 1 aromatic carbocycles. The lowest BCUT2D eigenvalue weighted by molar-refractivity contribution is 0.408. The summed E-state index contributed by atoms with van der Waals surface area (Å²) in [6.07, 6.45) is 4.71. The highest BCUT2D eigenvalue weighted by atomic mass is 16.5. The minimum Gasteiger partial charge on any atom is -0.496 e. The molecule has 96 valence electrons. The average Bonchev–Trinajstić information content (AvgIpc) is 2.93. The molecule has 0 amide bonds. The fourth-order valence-corrected chi connectivity index (χ4v) is 1.89. The highest BCUT2D eigenvalue weighted by Crippen LogP contribution is 2.24. The fourth-order valence-electron chi connectivity index (χ4n) is 1.89. The number of hydrogen-bond donors (Lipinski definition) is 2. The van der Waals surface area contributed by atoms with Crippen molar-refractivity contribution in [3.05, 3.63) is 36.2 Å². The van der Waals surface area contributed by atoms with Crippen LogP contribution in [0.1, 0.15) is 18.9 Å². The number of H-pyrrole nitrogens is 1. The second-order valence-corrected chi connectivity index (χ2v) is 4.14. The lowest BCUT2D eigenvalue weighted by Crippen LogP contribution is -2.14. The number of imidazole rings is 1. The minimum atomic E-state index is 0.811. The molecule has 2 aromatic rings. The van der Waals surface area contributed by atoms with Crippen molar-refractivity contribution in [3.63, 3.8) is 0 Å². The number of nitrogens with one attached hydrogen (secondary N) is 2. The summed E-state index contributed by atoms with van der Waals surface area (Å²) < 4.78 is 5.38. The maximum Gasteiger partial charge on any atom is 0.137 e. The maximum atomic E-state index is 5.38. The molecule has 0 saturated heterocycles. The summed E-state index contributed by atoms with van der Waals surface area (Å²) >= 11 is 0. The number of hydrogen-bond acceptors (Lipinski definition) is 3. The molecule has 4 nitrogen and oxygen atoms in total. The van der Waals surface area contributed by atoms with E-state index >= 15 is 0 Å². The smallest absolute Gasteiger partial charge is 0.137 e. The van der Waals surface area contributed by atoms with Crippen LogP contribution in [-0.2, 0) is 6.54 Å². The Bertz CT molecular complexity index is 480. The Balaban J connectivity index is 2.22. The van der Waals surface area contributed by atoms with Gasteiger partial charge < -0.3 is 15.0 Å². The van der Waals surface area contributed by atoms with Gasteiger partial charge >= 0.3 is 0 Å². The van der Waals surface area contributed by atoms with Gasteiger partial charge in [0.1, 0.15) is 11.6 Å². The molecule has 2 rings (SSSR count). The number of rotatable bonds is 6. The first-order valence-corrected chi connectivity index (χ1v) is 6.22. The van der Waals surface area contributed by atoms with E-state index in [-0.39, 0.29) is 0 Å². The normalized spacial score (nSPS) is 10.6. The molecule has 1 aromatic heterocycles. The van der Waals surface area contributed by atoms with Crippen LogP contribution in [0.5, 0.6) is 5.75 Å². The Labute approximate surface area is 107 Å². The lowest BCUT2D eigenvalue weighted by Gasteiger charge is -2.10. The van der Waals surface area contributed by atoms with Crippen LogP contribution in [0.15, 0.2) is 30.6 Å². The van der Waals surface area contributed by atoms with Gasteiger partial charge in [0.2, 0.25) is 0 Å². The van der Waals surface area contributed by atoms with E-state index in [0.29, 0.717) is 0 Å². The van der Waals surface area contributed by atoms with Crippen LogP contribution < -0.4 is 10.1 Å². The van der Waals surface area contributed by atoms with Crippen molar-refractivity contribution in [1.82, 2.24) is 15.3 Å². The van der Waals surface area contributed by atoms with Crippen molar-refractivity contribution >= 4 is 0 Å². The summed E-state index contributed by atoms with van der Waals surface area (Å²) in [6, 6.07) is 6.11. The number of nitrogens with zero attached hydrogens (tertiary/aromatic N) is 1. The van der Waals surface area contributed by atoms with Crippen LogP contribution >= 0.6 is 0 Å². The Hall–Kier alpha value is -1.81. The van der Waals surface area contributed by atoms with Crippen molar-refractivity contribution in [3.8, 4) is 17.1 Å². The molecule has 1 heterocycles. The standard InChI is InChI=1S/C14H19N3O/c1-3-6-15-10-12-9-11(4-5-13(12)18-2)14-16-7-8-17-14/h4-5,7-9,15H,3,6,10H2,1-2H3,(H,16,17). The molecule has 0 spiro atoms. The maximum absolute atomic E-state index is 5.38. The van der Waals surface area contributed by atoms with Crippen LogP contribution in [0.3, 0.4) is 0 Å². The zero-order valence-electron chi connectivity index (χ0n) is 10.9. The second-order valence-electron chi connectivity index (χ2n) is 4.14. The molecule has 0 aliphatic heterocycles. The monoisotopic (exact) mass is 245 g/mol. The third-order valence-electron chi connectivity index (χ3n) is 2.79. The van der Waals surface area contributed by atoms with Crippen LogP contribution in [0.25, 0.3) is 11.4 Å². The number of aromatic amines is 1. The van der Waals surface area contributed by atoms with Crippen molar-refractivity contribution < 1.29 is 4.74 Å². The quantitative estimate of drug-likeness (QED) is 0.769. The van der Waals surface area contributed by atoms with Gasteiger partial charge in [0.05, 0.1) is 7.11 Å². The second kappa shape index (κ2) is 6.21.